The van der Waals surface area contributed by atoms with Crippen LogP contribution in [0.5, 0.6) is 0 Å². The summed E-state index contributed by atoms with van der Waals surface area (Å²) in [6.07, 6.45) is 1.04. The molecule has 1 aliphatic heterocycles. The van der Waals surface area contributed by atoms with Crippen LogP contribution in [-0.2, 0) is 4.74 Å². The summed E-state index contributed by atoms with van der Waals surface area (Å²) >= 11 is 0. The molecule has 6 heteroatoms. The highest BCUT2D eigenvalue weighted by Gasteiger charge is 2.37. The molecule has 3 atom stereocenters. The summed E-state index contributed by atoms with van der Waals surface area (Å²) in [4.78, 5) is 28.5. The standard InChI is InChI=1S/C30H35N3O3/c1-21-27(28(22-7-5-4-6-8-22)23-9-11-24(12-10-23)29(31)34)17-18-33(21)19-20-36-30(35)25-13-15-26(16-14-25)32(2)3/h4-16,21,27-28H,17-20H2,1-3H3,(H2,31,34)/t21-,27+,28-/m0/s1. The van der Waals surface area contributed by atoms with Gasteiger partial charge in [-0.25, -0.2) is 4.79 Å². The molecule has 1 aliphatic rings. The molecule has 0 unspecified atom stereocenters. The number of amides is 1. The molecule has 6 nitrogen and oxygen atoms in total. The number of nitrogens with zero attached hydrogens (tertiary/aromatic N) is 2. The lowest BCUT2D eigenvalue weighted by molar-refractivity contribution is 0.0453. The van der Waals surface area contributed by atoms with Gasteiger partial charge in [-0.2, -0.15) is 0 Å². The van der Waals surface area contributed by atoms with E-state index in [9.17, 15) is 9.59 Å². The van der Waals surface area contributed by atoms with Gasteiger partial charge in [0, 0.05) is 43.9 Å². The zero-order valence-electron chi connectivity index (χ0n) is 21.3. The summed E-state index contributed by atoms with van der Waals surface area (Å²) < 4.78 is 5.60. The first-order valence-electron chi connectivity index (χ1n) is 12.5. The number of carbonyl (C=O) groups excluding carboxylic acids is 2. The Balaban J connectivity index is 1.41. The zero-order valence-corrected chi connectivity index (χ0v) is 21.3. The highest BCUT2D eigenvalue weighted by Crippen LogP contribution is 2.40. The number of ether oxygens (including phenoxy) is 1. The van der Waals surface area contributed by atoms with E-state index < -0.39 is 5.91 Å². The first-order chi connectivity index (χ1) is 17.3. The van der Waals surface area contributed by atoms with E-state index in [4.69, 9.17) is 10.5 Å². The van der Waals surface area contributed by atoms with Crippen LogP contribution in [0.25, 0.3) is 0 Å². The van der Waals surface area contributed by atoms with Crippen molar-refractivity contribution in [3.8, 4) is 0 Å². The molecule has 188 valence electrons. The number of rotatable bonds is 9. The predicted octanol–water partition coefficient (Wildman–Crippen LogP) is 4.55. The van der Waals surface area contributed by atoms with E-state index in [0.29, 0.717) is 36.2 Å². The van der Waals surface area contributed by atoms with Gasteiger partial charge in [0.1, 0.15) is 6.61 Å². The second-order valence-electron chi connectivity index (χ2n) is 9.68. The van der Waals surface area contributed by atoms with Crippen LogP contribution in [-0.4, -0.2) is 56.6 Å². The molecule has 3 aromatic carbocycles. The third-order valence-electron chi connectivity index (χ3n) is 7.32. The highest BCUT2D eigenvalue weighted by molar-refractivity contribution is 5.92. The van der Waals surface area contributed by atoms with Crippen molar-refractivity contribution in [3.05, 3.63) is 101 Å². The minimum atomic E-state index is -0.415. The molecule has 1 fully saturated rings. The van der Waals surface area contributed by atoms with Crippen molar-refractivity contribution in [2.45, 2.75) is 25.3 Å². The van der Waals surface area contributed by atoms with Gasteiger partial charge < -0.3 is 15.4 Å². The molecule has 0 aliphatic carbocycles. The van der Waals surface area contributed by atoms with Crippen molar-refractivity contribution in [1.29, 1.82) is 0 Å². The van der Waals surface area contributed by atoms with E-state index in [2.05, 4.69) is 36.1 Å². The first kappa shape index (κ1) is 25.5. The van der Waals surface area contributed by atoms with Crippen LogP contribution in [0.3, 0.4) is 0 Å². The molecule has 2 N–H and O–H groups in total. The average molecular weight is 486 g/mol. The third kappa shape index (κ3) is 5.77. The molecule has 0 radical (unpaired) electrons. The van der Waals surface area contributed by atoms with E-state index in [1.54, 1.807) is 12.1 Å². The lowest BCUT2D eigenvalue weighted by Crippen LogP contribution is -2.35. The number of primary amides is 1. The van der Waals surface area contributed by atoms with Crippen molar-refractivity contribution < 1.29 is 14.3 Å². The van der Waals surface area contributed by atoms with Crippen LogP contribution >= 0.6 is 0 Å². The van der Waals surface area contributed by atoms with Crippen LogP contribution in [0, 0.1) is 5.92 Å². The number of carbonyl (C=O) groups is 2. The van der Waals surface area contributed by atoms with E-state index in [0.717, 1.165) is 18.7 Å². The second-order valence-corrected chi connectivity index (χ2v) is 9.68. The number of esters is 1. The smallest absolute Gasteiger partial charge is 0.338 e. The fourth-order valence-corrected chi connectivity index (χ4v) is 5.23. The number of benzene rings is 3. The summed E-state index contributed by atoms with van der Waals surface area (Å²) in [6.45, 7) is 4.26. The largest absolute Gasteiger partial charge is 0.461 e. The Morgan fingerprint density at radius 1 is 0.944 bits per heavy atom. The van der Waals surface area contributed by atoms with Crippen LogP contribution < -0.4 is 10.6 Å². The Bertz CT molecular complexity index is 1160. The Morgan fingerprint density at radius 3 is 2.17 bits per heavy atom. The van der Waals surface area contributed by atoms with Crippen molar-refractivity contribution in [3.63, 3.8) is 0 Å². The molecular formula is C30H35N3O3. The summed E-state index contributed by atoms with van der Waals surface area (Å²) in [6, 6.07) is 26.0. The van der Waals surface area contributed by atoms with Gasteiger partial charge in [-0.1, -0.05) is 42.5 Å². The Kier molecular flexibility index (Phi) is 8.06. The van der Waals surface area contributed by atoms with Gasteiger partial charge in [-0.05, 0) is 73.3 Å². The monoisotopic (exact) mass is 485 g/mol. The van der Waals surface area contributed by atoms with Crippen LogP contribution in [0.1, 0.15) is 51.1 Å². The molecule has 1 heterocycles. The average Bonchev–Trinajstić information content (AvgIpc) is 3.25. The third-order valence-corrected chi connectivity index (χ3v) is 7.32. The number of hydrogen-bond donors (Lipinski definition) is 1. The number of hydrogen-bond acceptors (Lipinski definition) is 5. The van der Waals surface area contributed by atoms with Gasteiger partial charge in [0.05, 0.1) is 5.56 Å². The van der Waals surface area contributed by atoms with Gasteiger partial charge in [0.2, 0.25) is 5.91 Å². The van der Waals surface area contributed by atoms with E-state index in [1.165, 1.54) is 11.1 Å². The normalized spacial score (nSPS) is 18.5. The lowest BCUT2D eigenvalue weighted by Gasteiger charge is -2.31. The summed E-state index contributed by atoms with van der Waals surface area (Å²) in [5, 5.41) is 0. The van der Waals surface area contributed by atoms with Gasteiger partial charge in [-0.3, -0.25) is 9.69 Å². The van der Waals surface area contributed by atoms with Crippen molar-refractivity contribution in [1.82, 2.24) is 4.90 Å². The lowest BCUT2D eigenvalue weighted by atomic mass is 9.77. The molecule has 4 rings (SSSR count). The van der Waals surface area contributed by atoms with E-state index in [-0.39, 0.29) is 11.9 Å². The van der Waals surface area contributed by atoms with Crippen LogP contribution in [0.2, 0.25) is 0 Å². The number of likely N-dealkylation sites (tertiary alicyclic amines) is 1. The fraction of sp³-hybridized carbons (Fsp3) is 0.333. The van der Waals surface area contributed by atoms with E-state index in [1.807, 2.05) is 61.5 Å². The first-order valence-corrected chi connectivity index (χ1v) is 12.5. The van der Waals surface area contributed by atoms with Crippen molar-refractivity contribution >= 4 is 17.6 Å². The number of nitrogens with two attached hydrogens (primary N) is 1. The molecular weight excluding hydrogens is 450 g/mol. The number of anilines is 1. The molecule has 0 aromatic heterocycles. The maximum atomic E-state index is 12.5. The molecule has 1 saturated heterocycles. The zero-order chi connectivity index (χ0) is 25.7. The van der Waals surface area contributed by atoms with Gasteiger partial charge >= 0.3 is 5.97 Å². The van der Waals surface area contributed by atoms with Crippen LogP contribution in [0.4, 0.5) is 5.69 Å². The predicted molar refractivity (Wildman–Crippen MR) is 143 cm³/mol. The minimum absolute atomic E-state index is 0.200. The maximum absolute atomic E-state index is 12.5. The van der Waals surface area contributed by atoms with Crippen molar-refractivity contribution in [2.24, 2.45) is 11.7 Å². The molecule has 3 aromatic rings. The van der Waals surface area contributed by atoms with Gasteiger partial charge in [0.15, 0.2) is 0 Å². The van der Waals surface area contributed by atoms with Gasteiger partial charge in [0.25, 0.3) is 0 Å². The Hall–Kier alpha value is -3.64. The van der Waals surface area contributed by atoms with Crippen LogP contribution in [0.15, 0.2) is 78.9 Å². The molecule has 36 heavy (non-hydrogen) atoms. The summed E-state index contributed by atoms with van der Waals surface area (Å²) in [5.74, 6) is -0.117. The second kappa shape index (κ2) is 11.4. The summed E-state index contributed by atoms with van der Waals surface area (Å²) in [7, 11) is 3.94. The Morgan fingerprint density at radius 2 is 1.56 bits per heavy atom. The topological polar surface area (TPSA) is 75.9 Å². The van der Waals surface area contributed by atoms with Gasteiger partial charge in [-0.15, -0.1) is 0 Å². The molecule has 0 bridgehead atoms. The highest BCUT2D eigenvalue weighted by atomic mass is 16.5. The van der Waals surface area contributed by atoms with E-state index >= 15 is 0 Å². The molecule has 1 amide bonds. The maximum Gasteiger partial charge on any atom is 0.338 e. The fourth-order valence-electron chi connectivity index (χ4n) is 5.23. The van der Waals surface area contributed by atoms with Crippen molar-refractivity contribution in [2.75, 3.05) is 38.7 Å². The SMILES string of the molecule is C[C@H]1[C@H]([C@@H](c2ccccc2)c2ccc(C(N)=O)cc2)CCN1CCOC(=O)c1ccc(N(C)C)cc1. The quantitative estimate of drug-likeness (QED) is 0.450. The molecule has 0 spiro atoms. The minimum Gasteiger partial charge on any atom is -0.461 e. The summed E-state index contributed by atoms with van der Waals surface area (Å²) in [5.41, 5.74) is 10.0. The molecule has 0 saturated carbocycles. The Labute approximate surface area is 213 Å².